The molecule has 0 saturated carbocycles. The van der Waals surface area contributed by atoms with Crippen LogP contribution in [-0.2, 0) is 6.42 Å². The Morgan fingerprint density at radius 1 is 1.27 bits per heavy atom. The van der Waals surface area contributed by atoms with Gasteiger partial charge < -0.3 is 4.90 Å². The number of rotatable bonds is 3. The molecule has 0 spiro atoms. The molecule has 22 heavy (non-hydrogen) atoms. The number of hydrogen-bond acceptors (Lipinski definition) is 4. The van der Waals surface area contributed by atoms with Crippen molar-refractivity contribution in [2.24, 2.45) is 0 Å². The zero-order valence-corrected chi connectivity index (χ0v) is 12.0. The van der Waals surface area contributed by atoms with Crippen LogP contribution in [0, 0.1) is 21.4 Å². The van der Waals surface area contributed by atoms with E-state index in [0.29, 0.717) is 12.1 Å². The van der Waals surface area contributed by atoms with E-state index >= 15 is 0 Å². The van der Waals surface area contributed by atoms with Crippen molar-refractivity contribution in [1.82, 2.24) is 0 Å². The lowest BCUT2D eigenvalue weighted by molar-refractivity contribution is -0.483. The van der Waals surface area contributed by atoms with Gasteiger partial charge in [-0.1, -0.05) is 30.3 Å². The summed E-state index contributed by atoms with van der Waals surface area (Å²) in [6, 6.07) is 17.0. The summed E-state index contributed by atoms with van der Waals surface area (Å²) in [5.74, 6) is 0. The molecule has 0 saturated heterocycles. The smallest absolute Gasteiger partial charge is 0.228 e. The van der Waals surface area contributed by atoms with Gasteiger partial charge in [-0.15, -0.1) is 0 Å². The molecule has 5 heteroatoms. The Morgan fingerprint density at radius 3 is 2.86 bits per heavy atom. The van der Waals surface area contributed by atoms with E-state index < -0.39 is 0 Å². The summed E-state index contributed by atoms with van der Waals surface area (Å²) in [4.78, 5) is 12.9. The number of hydrogen-bond donors (Lipinski definition) is 0. The topological polar surface area (TPSA) is 70.2 Å². The average Bonchev–Trinajstić information content (AvgIpc) is 2.55. The van der Waals surface area contributed by atoms with Crippen LogP contribution in [-0.4, -0.2) is 18.0 Å². The predicted octanol–water partition coefficient (Wildman–Crippen LogP) is 2.94. The van der Waals surface area contributed by atoms with Gasteiger partial charge in [0.1, 0.15) is 6.04 Å². The van der Waals surface area contributed by atoms with Crippen LogP contribution >= 0.6 is 0 Å². The zero-order valence-electron chi connectivity index (χ0n) is 12.0. The van der Waals surface area contributed by atoms with Crippen molar-refractivity contribution in [1.29, 1.82) is 5.26 Å². The molecule has 0 fully saturated rings. The summed E-state index contributed by atoms with van der Waals surface area (Å²) in [6.07, 6.45) is 0.848. The average molecular weight is 293 g/mol. The van der Waals surface area contributed by atoms with Crippen molar-refractivity contribution >= 4 is 5.69 Å². The quantitative estimate of drug-likeness (QED) is 0.644. The summed E-state index contributed by atoms with van der Waals surface area (Å²) in [5, 5.41) is 20.2. The molecule has 0 aliphatic carbocycles. The van der Waals surface area contributed by atoms with E-state index in [9.17, 15) is 10.1 Å². The highest BCUT2D eigenvalue weighted by molar-refractivity contribution is 5.55. The second kappa shape index (κ2) is 5.86. The largest absolute Gasteiger partial charge is 0.358 e. The van der Waals surface area contributed by atoms with Crippen molar-refractivity contribution in [2.45, 2.75) is 12.5 Å². The molecule has 3 rings (SSSR count). The fraction of sp³-hybridized carbons (Fsp3) is 0.235. The molecule has 1 unspecified atom stereocenters. The third-order valence-corrected chi connectivity index (χ3v) is 4.04. The number of anilines is 1. The van der Waals surface area contributed by atoms with Gasteiger partial charge in [-0.3, -0.25) is 10.1 Å². The normalized spacial score (nSPS) is 16.7. The molecule has 2 aromatic carbocycles. The molecule has 1 atom stereocenters. The Labute approximate surface area is 128 Å². The molecule has 2 aromatic rings. The van der Waals surface area contributed by atoms with Gasteiger partial charge in [0.15, 0.2) is 0 Å². The first-order valence-electron chi connectivity index (χ1n) is 7.15. The molecule has 0 bridgehead atoms. The van der Waals surface area contributed by atoms with Gasteiger partial charge in [0.2, 0.25) is 6.54 Å². The fourth-order valence-electron chi connectivity index (χ4n) is 3.05. The van der Waals surface area contributed by atoms with Crippen molar-refractivity contribution < 1.29 is 4.92 Å². The first-order chi connectivity index (χ1) is 10.7. The summed E-state index contributed by atoms with van der Waals surface area (Å²) >= 11 is 0. The number of nitriles is 1. The molecule has 1 aliphatic heterocycles. The minimum absolute atomic E-state index is 0.145. The van der Waals surface area contributed by atoms with Gasteiger partial charge in [-0.05, 0) is 35.7 Å². The molecular weight excluding hydrogens is 278 g/mol. The highest BCUT2D eigenvalue weighted by Crippen LogP contribution is 2.34. The van der Waals surface area contributed by atoms with Crippen LogP contribution in [0.3, 0.4) is 0 Å². The molecular formula is C17H15N3O2. The van der Waals surface area contributed by atoms with E-state index in [-0.39, 0.29) is 17.5 Å². The number of fused-ring (bicyclic) bond motifs is 1. The maximum absolute atomic E-state index is 11.1. The van der Waals surface area contributed by atoms with Gasteiger partial charge in [0.25, 0.3) is 0 Å². The van der Waals surface area contributed by atoms with Gasteiger partial charge in [-0.2, -0.15) is 5.26 Å². The van der Waals surface area contributed by atoms with Crippen LogP contribution in [0.5, 0.6) is 0 Å². The number of nitro groups is 1. The van der Waals surface area contributed by atoms with E-state index in [1.807, 2.05) is 41.3 Å². The highest BCUT2D eigenvalue weighted by atomic mass is 16.6. The van der Waals surface area contributed by atoms with Gasteiger partial charge in [-0.25, -0.2) is 0 Å². The minimum atomic E-state index is -0.297. The second-order valence-corrected chi connectivity index (χ2v) is 5.34. The Hall–Kier alpha value is -2.87. The molecule has 0 aromatic heterocycles. The number of nitrogens with zero attached hydrogens (tertiary/aromatic N) is 3. The Morgan fingerprint density at radius 2 is 2.09 bits per heavy atom. The van der Waals surface area contributed by atoms with Crippen molar-refractivity contribution in [3.8, 4) is 6.07 Å². The summed E-state index contributed by atoms with van der Waals surface area (Å²) in [5.41, 5.74) is 3.60. The first-order valence-corrected chi connectivity index (χ1v) is 7.15. The number of benzene rings is 2. The summed E-state index contributed by atoms with van der Waals surface area (Å²) in [7, 11) is 0. The maximum atomic E-state index is 11.1. The zero-order chi connectivity index (χ0) is 15.5. The molecule has 5 nitrogen and oxygen atoms in total. The van der Waals surface area contributed by atoms with Gasteiger partial charge in [0, 0.05) is 17.2 Å². The molecule has 0 amide bonds. The van der Waals surface area contributed by atoms with Gasteiger partial charge in [0.05, 0.1) is 11.6 Å². The summed E-state index contributed by atoms with van der Waals surface area (Å²) < 4.78 is 0. The Balaban J connectivity index is 2.03. The Kier molecular flexibility index (Phi) is 3.75. The van der Waals surface area contributed by atoms with Gasteiger partial charge >= 0.3 is 0 Å². The van der Waals surface area contributed by atoms with Crippen LogP contribution in [0.1, 0.15) is 22.7 Å². The lowest BCUT2D eigenvalue weighted by atomic mass is 9.92. The van der Waals surface area contributed by atoms with Crippen LogP contribution in [0.4, 0.5) is 5.69 Å². The standard InChI is InChI=1S/C17H15N3O2/c18-11-13-4-3-6-15(10-13)19-9-8-14-5-1-2-7-16(14)17(19)12-20(21)22/h1-7,10,17H,8-9,12H2. The fourth-order valence-corrected chi connectivity index (χ4v) is 3.05. The first kappa shape index (κ1) is 14.1. The second-order valence-electron chi connectivity index (χ2n) is 5.34. The third-order valence-electron chi connectivity index (χ3n) is 4.04. The van der Waals surface area contributed by atoms with Crippen molar-refractivity contribution in [3.63, 3.8) is 0 Å². The molecule has 1 aliphatic rings. The monoisotopic (exact) mass is 293 g/mol. The van der Waals surface area contributed by atoms with Crippen LogP contribution in [0.2, 0.25) is 0 Å². The van der Waals surface area contributed by atoms with E-state index in [2.05, 4.69) is 6.07 Å². The van der Waals surface area contributed by atoms with E-state index in [0.717, 1.165) is 17.7 Å². The van der Waals surface area contributed by atoms with Crippen LogP contribution in [0.25, 0.3) is 0 Å². The lowest BCUT2D eigenvalue weighted by Crippen LogP contribution is -2.39. The lowest BCUT2D eigenvalue weighted by Gasteiger charge is -2.37. The predicted molar refractivity (Wildman–Crippen MR) is 83.3 cm³/mol. The van der Waals surface area contributed by atoms with E-state index in [4.69, 9.17) is 5.26 Å². The molecule has 0 N–H and O–H groups in total. The molecule has 0 radical (unpaired) electrons. The minimum Gasteiger partial charge on any atom is -0.358 e. The highest BCUT2D eigenvalue weighted by Gasteiger charge is 2.31. The van der Waals surface area contributed by atoms with Crippen molar-refractivity contribution in [3.05, 3.63) is 75.3 Å². The van der Waals surface area contributed by atoms with Crippen molar-refractivity contribution in [2.75, 3.05) is 18.0 Å². The van der Waals surface area contributed by atoms with Crippen LogP contribution in [0.15, 0.2) is 48.5 Å². The maximum Gasteiger partial charge on any atom is 0.228 e. The summed E-state index contributed by atoms with van der Waals surface area (Å²) in [6.45, 7) is 0.568. The van der Waals surface area contributed by atoms with Crippen LogP contribution < -0.4 is 4.90 Å². The third kappa shape index (κ3) is 2.63. The Bertz CT molecular complexity index is 752. The van der Waals surface area contributed by atoms with E-state index in [1.165, 1.54) is 5.56 Å². The molecule has 1 heterocycles. The SMILES string of the molecule is N#Cc1cccc(N2CCc3ccccc3C2C[N+](=O)[O-])c1. The molecule has 110 valence electrons. The van der Waals surface area contributed by atoms with E-state index in [1.54, 1.807) is 12.1 Å².